The molecule has 0 fully saturated rings. The molecule has 1 heterocycles. The van der Waals surface area contributed by atoms with Crippen molar-refractivity contribution in [2.24, 2.45) is 10.3 Å². The van der Waals surface area contributed by atoms with Crippen LogP contribution in [0.15, 0.2) is 64.9 Å². The van der Waals surface area contributed by atoms with Gasteiger partial charge in [0.25, 0.3) is 5.69 Å². The van der Waals surface area contributed by atoms with Gasteiger partial charge in [0.1, 0.15) is 6.04 Å². The number of nitrogens with zero attached hydrogens (tertiary/aromatic N) is 4. The number of rotatable bonds is 3. The molecular formula is C14H12N4O2. The minimum absolute atomic E-state index is 0.103. The number of benzene rings is 2. The fraction of sp³-hybridized carbons (Fsp3) is 0.143. The predicted octanol–water partition coefficient (Wildman–Crippen LogP) is 3.52. The summed E-state index contributed by atoms with van der Waals surface area (Å²) in [4.78, 5) is 10.8. The molecule has 0 aliphatic carbocycles. The molecule has 3 rings (SSSR count). The highest BCUT2D eigenvalue weighted by atomic mass is 16.6. The van der Waals surface area contributed by atoms with Crippen molar-refractivity contribution in [1.29, 1.82) is 0 Å². The van der Waals surface area contributed by atoms with Crippen molar-refractivity contribution >= 4 is 11.4 Å². The van der Waals surface area contributed by atoms with E-state index in [0.29, 0.717) is 12.1 Å². The lowest BCUT2D eigenvalue weighted by molar-refractivity contribution is -0.385. The molecule has 0 aromatic heterocycles. The van der Waals surface area contributed by atoms with Gasteiger partial charge >= 0.3 is 0 Å². The van der Waals surface area contributed by atoms with Crippen LogP contribution in [0.5, 0.6) is 0 Å². The van der Waals surface area contributed by atoms with Crippen molar-refractivity contribution in [2.45, 2.75) is 6.04 Å². The predicted molar refractivity (Wildman–Crippen MR) is 74.5 cm³/mol. The Morgan fingerprint density at radius 1 is 1.10 bits per heavy atom. The Morgan fingerprint density at radius 2 is 1.80 bits per heavy atom. The second kappa shape index (κ2) is 5.08. The minimum atomic E-state index is -0.364. The summed E-state index contributed by atoms with van der Waals surface area (Å²) in [5, 5.41) is 21.0. The minimum Gasteiger partial charge on any atom is -0.258 e. The fourth-order valence-corrected chi connectivity index (χ4v) is 2.30. The molecule has 1 atom stereocenters. The van der Waals surface area contributed by atoms with Gasteiger partial charge in [-0.2, -0.15) is 5.11 Å². The van der Waals surface area contributed by atoms with E-state index in [4.69, 9.17) is 0 Å². The van der Waals surface area contributed by atoms with Crippen molar-refractivity contribution in [3.8, 4) is 0 Å². The molecule has 6 heteroatoms. The largest absolute Gasteiger partial charge is 0.274 e. The summed E-state index contributed by atoms with van der Waals surface area (Å²) in [6.07, 6.45) is 0. The molecule has 0 N–H and O–H groups in total. The number of hydrogen-bond donors (Lipinski definition) is 0. The SMILES string of the molecule is O=[N+]([O-])c1ccccc1C1CN=NN1c1ccccc1. The van der Waals surface area contributed by atoms with Crippen LogP contribution in [0.25, 0.3) is 0 Å². The van der Waals surface area contributed by atoms with E-state index in [0.717, 1.165) is 5.69 Å². The fourth-order valence-electron chi connectivity index (χ4n) is 2.30. The van der Waals surface area contributed by atoms with Crippen molar-refractivity contribution in [1.82, 2.24) is 0 Å². The van der Waals surface area contributed by atoms with Gasteiger partial charge in [0.05, 0.1) is 22.7 Å². The lowest BCUT2D eigenvalue weighted by atomic mass is 10.0. The maximum Gasteiger partial charge on any atom is 0.274 e. The molecule has 6 nitrogen and oxygen atoms in total. The van der Waals surface area contributed by atoms with Crippen molar-refractivity contribution in [3.05, 3.63) is 70.3 Å². The van der Waals surface area contributed by atoms with Gasteiger partial charge in [-0.3, -0.25) is 10.1 Å². The van der Waals surface area contributed by atoms with Gasteiger partial charge in [0.15, 0.2) is 0 Å². The lowest BCUT2D eigenvalue weighted by Crippen LogP contribution is -2.21. The zero-order valence-corrected chi connectivity index (χ0v) is 10.6. The maximum atomic E-state index is 11.1. The molecule has 0 amide bonds. The van der Waals surface area contributed by atoms with Gasteiger partial charge in [0, 0.05) is 6.07 Å². The molecule has 0 radical (unpaired) electrons. The second-order valence-electron chi connectivity index (χ2n) is 4.43. The Morgan fingerprint density at radius 3 is 2.55 bits per heavy atom. The van der Waals surface area contributed by atoms with E-state index in [-0.39, 0.29) is 16.7 Å². The highest BCUT2D eigenvalue weighted by molar-refractivity contribution is 5.52. The normalized spacial score (nSPS) is 17.4. The number of nitro groups is 1. The first kappa shape index (κ1) is 12.3. The summed E-state index contributed by atoms with van der Waals surface area (Å²) < 4.78 is 0. The van der Waals surface area contributed by atoms with Crippen LogP contribution in [0, 0.1) is 10.1 Å². The molecule has 0 saturated heterocycles. The van der Waals surface area contributed by atoms with Gasteiger partial charge in [-0.25, -0.2) is 5.01 Å². The monoisotopic (exact) mass is 268 g/mol. The van der Waals surface area contributed by atoms with E-state index in [2.05, 4.69) is 10.3 Å². The Hall–Kier alpha value is -2.76. The number of hydrogen-bond acceptors (Lipinski definition) is 5. The van der Waals surface area contributed by atoms with Crippen LogP contribution in [0.4, 0.5) is 11.4 Å². The summed E-state index contributed by atoms with van der Waals surface area (Å²) in [5.74, 6) is 0. The zero-order chi connectivity index (χ0) is 13.9. The third-order valence-electron chi connectivity index (χ3n) is 3.22. The summed E-state index contributed by atoms with van der Waals surface area (Å²) in [6, 6.07) is 16.0. The molecular weight excluding hydrogens is 256 g/mol. The van der Waals surface area contributed by atoms with Crippen LogP contribution in [-0.4, -0.2) is 11.5 Å². The highest BCUT2D eigenvalue weighted by Gasteiger charge is 2.30. The van der Waals surface area contributed by atoms with Crippen LogP contribution in [-0.2, 0) is 0 Å². The standard InChI is InChI=1S/C14H12N4O2/c19-18(20)13-9-5-4-8-12(13)14-10-15-16-17(14)11-6-2-1-3-7-11/h1-9,14H,10H2. The molecule has 2 aromatic carbocycles. The van der Waals surface area contributed by atoms with Gasteiger partial charge in [-0.15, -0.1) is 0 Å². The van der Waals surface area contributed by atoms with Gasteiger partial charge in [-0.1, -0.05) is 35.6 Å². The van der Waals surface area contributed by atoms with Gasteiger partial charge < -0.3 is 0 Å². The molecule has 0 bridgehead atoms. The Bertz CT molecular complexity index is 657. The molecule has 0 saturated carbocycles. The summed E-state index contributed by atoms with van der Waals surface area (Å²) in [5.41, 5.74) is 1.61. The molecule has 100 valence electrons. The average molecular weight is 268 g/mol. The quantitative estimate of drug-likeness (QED) is 0.631. The van der Waals surface area contributed by atoms with E-state index in [1.54, 1.807) is 23.2 Å². The topological polar surface area (TPSA) is 71.1 Å². The zero-order valence-electron chi connectivity index (χ0n) is 10.6. The van der Waals surface area contributed by atoms with Gasteiger partial charge in [0.2, 0.25) is 0 Å². The van der Waals surface area contributed by atoms with E-state index in [9.17, 15) is 10.1 Å². The van der Waals surface area contributed by atoms with E-state index < -0.39 is 0 Å². The molecule has 1 aliphatic rings. The van der Waals surface area contributed by atoms with Crippen molar-refractivity contribution < 1.29 is 4.92 Å². The highest BCUT2D eigenvalue weighted by Crippen LogP contribution is 2.35. The third kappa shape index (κ3) is 2.11. The number of nitro benzene ring substituents is 1. The van der Waals surface area contributed by atoms with Crippen molar-refractivity contribution in [3.63, 3.8) is 0 Å². The molecule has 0 spiro atoms. The van der Waals surface area contributed by atoms with Crippen LogP contribution in [0.3, 0.4) is 0 Å². The lowest BCUT2D eigenvalue weighted by Gasteiger charge is -2.21. The molecule has 2 aromatic rings. The Labute approximate surface area is 115 Å². The maximum absolute atomic E-state index is 11.1. The Balaban J connectivity index is 2.01. The number of anilines is 1. The first-order valence-corrected chi connectivity index (χ1v) is 6.22. The summed E-state index contributed by atoms with van der Waals surface area (Å²) in [6.45, 7) is 0.416. The smallest absolute Gasteiger partial charge is 0.258 e. The van der Waals surface area contributed by atoms with Crippen LogP contribution in [0.2, 0.25) is 0 Å². The average Bonchev–Trinajstić information content (AvgIpc) is 2.97. The number of para-hydroxylation sites is 2. The molecule has 20 heavy (non-hydrogen) atoms. The molecule has 1 aliphatic heterocycles. The van der Waals surface area contributed by atoms with Crippen molar-refractivity contribution in [2.75, 3.05) is 11.6 Å². The summed E-state index contributed by atoms with van der Waals surface area (Å²) >= 11 is 0. The first-order valence-electron chi connectivity index (χ1n) is 6.22. The molecule has 1 unspecified atom stereocenters. The third-order valence-corrected chi connectivity index (χ3v) is 3.22. The van der Waals surface area contributed by atoms with Gasteiger partial charge in [-0.05, 0) is 18.2 Å². The van der Waals surface area contributed by atoms with E-state index in [1.165, 1.54) is 6.07 Å². The van der Waals surface area contributed by atoms with E-state index >= 15 is 0 Å². The van der Waals surface area contributed by atoms with E-state index in [1.807, 2.05) is 30.3 Å². The van der Waals surface area contributed by atoms with Crippen LogP contribution in [0.1, 0.15) is 11.6 Å². The summed E-state index contributed by atoms with van der Waals surface area (Å²) in [7, 11) is 0. The second-order valence-corrected chi connectivity index (χ2v) is 4.43. The first-order chi connectivity index (χ1) is 9.77. The Kier molecular flexibility index (Phi) is 3.12. The van der Waals surface area contributed by atoms with Crippen LogP contribution >= 0.6 is 0 Å². The van der Waals surface area contributed by atoms with Crippen LogP contribution < -0.4 is 5.01 Å².